The molecule has 1 N–H and O–H groups in total. The summed E-state index contributed by atoms with van der Waals surface area (Å²) < 4.78 is 14.7. The first-order valence-electron chi connectivity index (χ1n) is 5.14. The average molecular weight is 219 g/mol. The molecule has 0 fully saturated rings. The van der Waals surface area contributed by atoms with Gasteiger partial charge in [0, 0.05) is 25.4 Å². The first-order chi connectivity index (χ1) is 7.65. The van der Waals surface area contributed by atoms with E-state index in [1.807, 2.05) is 26.1 Å². The molecule has 4 heteroatoms. The highest BCUT2D eigenvalue weighted by Crippen LogP contribution is 2.09. The van der Waals surface area contributed by atoms with Crippen LogP contribution in [-0.4, -0.2) is 9.78 Å². The van der Waals surface area contributed by atoms with Crippen LogP contribution >= 0.6 is 0 Å². The summed E-state index contributed by atoms with van der Waals surface area (Å²) in [4.78, 5) is 0. The molecule has 2 rings (SSSR count). The molecule has 0 aliphatic rings. The number of aryl methyl sites for hydroxylation is 2. The van der Waals surface area contributed by atoms with E-state index >= 15 is 0 Å². The van der Waals surface area contributed by atoms with Gasteiger partial charge in [0.2, 0.25) is 0 Å². The lowest BCUT2D eigenvalue weighted by Crippen LogP contribution is -2.01. The van der Waals surface area contributed by atoms with Gasteiger partial charge in [0.1, 0.15) is 11.6 Å². The third-order valence-corrected chi connectivity index (χ3v) is 2.48. The molecule has 0 radical (unpaired) electrons. The first kappa shape index (κ1) is 10.7. The number of hydrogen-bond donors (Lipinski definition) is 1. The van der Waals surface area contributed by atoms with Crippen molar-refractivity contribution in [2.24, 2.45) is 7.05 Å². The fourth-order valence-electron chi connectivity index (χ4n) is 1.49. The second-order valence-corrected chi connectivity index (χ2v) is 3.78. The number of benzene rings is 1. The number of nitrogens with one attached hydrogen (secondary N) is 1. The summed E-state index contributed by atoms with van der Waals surface area (Å²) in [5.74, 6) is 0.598. The fraction of sp³-hybridized carbons (Fsp3) is 0.250. The second-order valence-electron chi connectivity index (χ2n) is 3.78. The number of anilines is 1. The summed E-state index contributed by atoms with van der Waals surface area (Å²) in [7, 11) is 1.89. The third kappa shape index (κ3) is 2.39. The smallest absolute Gasteiger partial charge is 0.148 e. The minimum atomic E-state index is -0.212. The highest BCUT2D eigenvalue weighted by Gasteiger charge is 2.00. The predicted molar refractivity (Wildman–Crippen MR) is 61.7 cm³/mol. The van der Waals surface area contributed by atoms with Crippen molar-refractivity contribution < 1.29 is 4.39 Å². The van der Waals surface area contributed by atoms with E-state index in [-0.39, 0.29) is 5.82 Å². The summed E-state index contributed by atoms with van der Waals surface area (Å²) in [5.41, 5.74) is 1.99. The molecule has 0 aliphatic carbocycles. The van der Waals surface area contributed by atoms with Crippen LogP contribution in [0.1, 0.15) is 11.3 Å². The van der Waals surface area contributed by atoms with Gasteiger partial charge in [0.05, 0.1) is 0 Å². The standard InChI is InChI=1S/C12H14FN3/c1-9-6-12(15-16(9)2)14-8-10-4-3-5-11(13)7-10/h3-7H,8H2,1-2H3,(H,14,15). The topological polar surface area (TPSA) is 29.9 Å². The Morgan fingerprint density at radius 2 is 2.19 bits per heavy atom. The van der Waals surface area contributed by atoms with Crippen molar-refractivity contribution in [2.45, 2.75) is 13.5 Å². The van der Waals surface area contributed by atoms with Crippen LogP contribution in [0.5, 0.6) is 0 Å². The Morgan fingerprint density at radius 3 is 2.81 bits per heavy atom. The number of halogens is 1. The Bertz CT molecular complexity index is 471. The SMILES string of the molecule is Cc1cc(NCc2cccc(F)c2)nn1C. The first-order valence-corrected chi connectivity index (χ1v) is 5.14. The maximum atomic E-state index is 12.9. The molecule has 1 heterocycles. The fourth-order valence-corrected chi connectivity index (χ4v) is 1.49. The Morgan fingerprint density at radius 1 is 1.38 bits per heavy atom. The van der Waals surface area contributed by atoms with E-state index in [0.29, 0.717) is 6.54 Å². The zero-order chi connectivity index (χ0) is 11.5. The number of hydrogen-bond acceptors (Lipinski definition) is 2. The van der Waals surface area contributed by atoms with Crippen molar-refractivity contribution in [1.82, 2.24) is 9.78 Å². The molecule has 0 spiro atoms. The van der Waals surface area contributed by atoms with Gasteiger partial charge in [-0.05, 0) is 24.6 Å². The number of nitrogens with zero attached hydrogens (tertiary/aromatic N) is 2. The van der Waals surface area contributed by atoms with Gasteiger partial charge in [0.15, 0.2) is 0 Å². The lowest BCUT2D eigenvalue weighted by molar-refractivity contribution is 0.626. The van der Waals surface area contributed by atoms with Gasteiger partial charge >= 0.3 is 0 Å². The molecule has 2 aromatic rings. The zero-order valence-corrected chi connectivity index (χ0v) is 9.37. The van der Waals surface area contributed by atoms with Crippen molar-refractivity contribution in [2.75, 3.05) is 5.32 Å². The molecule has 16 heavy (non-hydrogen) atoms. The van der Waals surface area contributed by atoms with Gasteiger partial charge in [-0.3, -0.25) is 4.68 Å². The Kier molecular flexibility index (Phi) is 2.90. The van der Waals surface area contributed by atoms with E-state index in [9.17, 15) is 4.39 Å². The van der Waals surface area contributed by atoms with Gasteiger partial charge in [-0.25, -0.2) is 4.39 Å². The van der Waals surface area contributed by atoms with Gasteiger partial charge in [-0.15, -0.1) is 0 Å². The van der Waals surface area contributed by atoms with E-state index in [1.54, 1.807) is 10.7 Å². The van der Waals surface area contributed by atoms with Crippen LogP contribution in [-0.2, 0) is 13.6 Å². The molecule has 0 saturated carbocycles. The van der Waals surface area contributed by atoms with E-state index in [4.69, 9.17) is 0 Å². The van der Waals surface area contributed by atoms with Crippen molar-refractivity contribution in [3.63, 3.8) is 0 Å². The molecule has 0 bridgehead atoms. The second kappa shape index (κ2) is 4.35. The molecular weight excluding hydrogens is 205 g/mol. The summed E-state index contributed by atoms with van der Waals surface area (Å²) in [6.07, 6.45) is 0. The van der Waals surface area contributed by atoms with Gasteiger partial charge in [0.25, 0.3) is 0 Å². The Balaban J connectivity index is 2.02. The molecule has 1 aromatic heterocycles. The monoisotopic (exact) mass is 219 g/mol. The third-order valence-electron chi connectivity index (χ3n) is 2.48. The van der Waals surface area contributed by atoms with E-state index in [0.717, 1.165) is 17.1 Å². The van der Waals surface area contributed by atoms with E-state index in [1.165, 1.54) is 12.1 Å². The molecule has 84 valence electrons. The quantitative estimate of drug-likeness (QED) is 0.859. The number of rotatable bonds is 3. The number of aromatic nitrogens is 2. The van der Waals surface area contributed by atoms with Crippen molar-refractivity contribution in [3.8, 4) is 0 Å². The van der Waals surface area contributed by atoms with Crippen molar-refractivity contribution >= 4 is 5.82 Å². The predicted octanol–water partition coefficient (Wildman–Crippen LogP) is 2.48. The molecule has 0 aliphatic heterocycles. The van der Waals surface area contributed by atoms with Crippen molar-refractivity contribution in [3.05, 3.63) is 47.4 Å². The Labute approximate surface area is 93.9 Å². The molecule has 0 unspecified atom stereocenters. The maximum Gasteiger partial charge on any atom is 0.148 e. The van der Waals surface area contributed by atoms with Crippen molar-refractivity contribution in [1.29, 1.82) is 0 Å². The maximum absolute atomic E-state index is 12.9. The Hall–Kier alpha value is -1.84. The highest BCUT2D eigenvalue weighted by atomic mass is 19.1. The lowest BCUT2D eigenvalue weighted by atomic mass is 10.2. The van der Waals surface area contributed by atoms with E-state index in [2.05, 4.69) is 10.4 Å². The average Bonchev–Trinajstić information content (AvgIpc) is 2.56. The molecule has 0 atom stereocenters. The van der Waals surface area contributed by atoms with Crippen LogP contribution in [0.4, 0.5) is 10.2 Å². The van der Waals surface area contributed by atoms with Gasteiger partial charge < -0.3 is 5.32 Å². The molecule has 1 aromatic carbocycles. The molecule has 0 saturated heterocycles. The van der Waals surface area contributed by atoms with Crippen LogP contribution in [0.25, 0.3) is 0 Å². The zero-order valence-electron chi connectivity index (χ0n) is 9.37. The van der Waals surface area contributed by atoms with Crippen LogP contribution in [0.2, 0.25) is 0 Å². The highest BCUT2D eigenvalue weighted by molar-refractivity contribution is 5.36. The minimum absolute atomic E-state index is 0.212. The molecule has 0 amide bonds. The van der Waals surface area contributed by atoms with Crippen LogP contribution < -0.4 is 5.32 Å². The van der Waals surface area contributed by atoms with Crippen LogP contribution in [0.3, 0.4) is 0 Å². The van der Waals surface area contributed by atoms with Crippen LogP contribution in [0, 0.1) is 12.7 Å². The van der Waals surface area contributed by atoms with E-state index < -0.39 is 0 Å². The molecule has 3 nitrogen and oxygen atoms in total. The summed E-state index contributed by atoms with van der Waals surface area (Å²) in [5, 5.41) is 7.41. The summed E-state index contributed by atoms with van der Waals surface area (Å²) >= 11 is 0. The minimum Gasteiger partial charge on any atom is -0.365 e. The largest absolute Gasteiger partial charge is 0.365 e. The summed E-state index contributed by atoms with van der Waals surface area (Å²) in [6, 6.07) is 8.50. The normalized spacial score (nSPS) is 10.4. The molecular formula is C12H14FN3. The van der Waals surface area contributed by atoms with Crippen LogP contribution in [0.15, 0.2) is 30.3 Å². The van der Waals surface area contributed by atoms with Gasteiger partial charge in [-0.1, -0.05) is 12.1 Å². The summed E-state index contributed by atoms with van der Waals surface area (Å²) in [6.45, 7) is 2.56. The van der Waals surface area contributed by atoms with Gasteiger partial charge in [-0.2, -0.15) is 5.10 Å². The lowest BCUT2D eigenvalue weighted by Gasteiger charge is -2.02.